The van der Waals surface area contributed by atoms with Crippen LogP contribution in [-0.4, -0.2) is 61.1 Å². The maximum absolute atomic E-state index is 13.8. The summed E-state index contributed by atoms with van der Waals surface area (Å²) in [7, 11) is 3.19. The van der Waals surface area contributed by atoms with Crippen molar-refractivity contribution in [1.29, 1.82) is 0 Å². The molecule has 0 saturated carbocycles. The van der Waals surface area contributed by atoms with E-state index in [-0.39, 0.29) is 31.0 Å². The predicted octanol–water partition coefficient (Wildman–Crippen LogP) is 5.21. The molecule has 1 aromatic heterocycles. The Morgan fingerprint density at radius 3 is 2.35 bits per heavy atom. The Morgan fingerprint density at radius 1 is 1.00 bits per heavy atom. The summed E-state index contributed by atoms with van der Waals surface area (Å²) in [6, 6.07) is 16.3. The third-order valence-corrected chi connectivity index (χ3v) is 7.56. The molecule has 0 spiro atoms. The van der Waals surface area contributed by atoms with Gasteiger partial charge in [0, 0.05) is 22.5 Å². The molecule has 7 nitrogen and oxygen atoms in total. The molecule has 4 rings (SSSR count). The first-order valence-corrected chi connectivity index (χ1v) is 13.2. The molecule has 0 unspecified atom stereocenters. The summed E-state index contributed by atoms with van der Waals surface area (Å²) in [4.78, 5) is 32.1. The van der Waals surface area contributed by atoms with Crippen molar-refractivity contribution >= 4 is 23.2 Å². The molecule has 0 N–H and O–H groups in total. The van der Waals surface area contributed by atoms with Gasteiger partial charge >= 0.3 is 0 Å². The molecule has 2 heterocycles. The molecular formula is C29H34N2O5S. The minimum absolute atomic E-state index is 0.0288. The number of benzene rings is 2. The highest BCUT2D eigenvalue weighted by molar-refractivity contribution is 7.10. The summed E-state index contributed by atoms with van der Waals surface area (Å²) in [6.45, 7) is 6.66. The van der Waals surface area contributed by atoms with Gasteiger partial charge in [-0.3, -0.25) is 9.59 Å². The molecular weight excluding hydrogens is 488 g/mol. The van der Waals surface area contributed by atoms with Crippen LogP contribution < -0.4 is 14.2 Å². The predicted molar refractivity (Wildman–Crippen MR) is 145 cm³/mol. The first kappa shape index (κ1) is 26.5. The smallest absolute Gasteiger partial charge is 0.254 e. The Morgan fingerprint density at radius 2 is 1.70 bits per heavy atom. The summed E-state index contributed by atoms with van der Waals surface area (Å²) in [5.74, 6) is 1.64. The second kappa shape index (κ2) is 11.3. The SMILES string of the molecule is COc1ccc(C(=O)N(CC(=O)N2CCc3sccc3[C@H]2COc2ccccc2OC)C(C)(C)C)cc1. The Balaban J connectivity index is 1.56. The van der Waals surface area contributed by atoms with Gasteiger partial charge < -0.3 is 24.0 Å². The first-order chi connectivity index (χ1) is 17.7. The van der Waals surface area contributed by atoms with Crippen LogP contribution >= 0.6 is 11.3 Å². The average Bonchev–Trinajstić information content (AvgIpc) is 3.38. The topological polar surface area (TPSA) is 68.3 Å². The number of fused-ring (bicyclic) bond motifs is 1. The molecule has 3 aromatic rings. The van der Waals surface area contributed by atoms with Crippen LogP contribution in [0.5, 0.6) is 17.2 Å². The lowest BCUT2D eigenvalue weighted by molar-refractivity contribution is -0.136. The van der Waals surface area contributed by atoms with E-state index >= 15 is 0 Å². The number of para-hydroxylation sites is 2. The number of hydrogen-bond donors (Lipinski definition) is 0. The Labute approximate surface area is 222 Å². The maximum atomic E-state index is 13.8. The van der Waals surface area contributed by atoms with Gasteiger partial charge in [0.15, 0.2) is 11.5 Å². The Hall–Kier alpha value is -3.52. The van der Waals surface area contributed by atoms with Gasteiger partial charge in [0.2, 0.25) is 5.91 Å². The van der Waals surface area contributed by atoms with Gasteiger partial charge in [-0.15, -0.1) is 11.3 Å². The van der Waals surface area contributed by atoms with E-state index in [9.17, 15) is 9.59 Å². The van der Waals surface area contributed by atoms with Crippen molar-refractivity contribution in [3.63, 3.8) is 0 Å². The van der Waals surface area contributed by atoms with E-state index in [0.29, 0.717) is 29.4 Å². The molecule has 2 aromatic carbocycles. The van der Waals surface area contributed by atoms with E-state index in [2.05, 4.69) is 11.4 Å². The van der Waals surface area contributed by atoms with Crippen LogP contribution in [0.3, 0.4) is 0 Å². The molecule has 0 bridgehead atoms. The largest absolute Gasteiger partial charge is 0.497 e. The second-order valence-corrected chi connectivity index (χ2v) is 10.9. The minimum atomic E-state index is -0.556. The number of carbonyl (C=O) groups excluding carboxylic acids is 2. The van der Waals surface area contributed by atoms with Crippen molar-refractivity contribution in [2.24, 2.45) is 0 Å². The zero-order chi connectivity index (χ0) is 26.6. The molecule has 1 aliphatic rings. The van der Waals surface area contributed by atoms with Crippen LogP contribution in [-0.2, 0) is 11.2 Å². The van der Waals surface area contributed by atoms with Gasteiger partial charge in [-0.05, 0) is 80.6 Å². The van der Waals surface area contributed by atoms with Gasteiger partial charge in [0.1, 0.15) is 18.9 Å². The number of nitrogens with zero attached hydrogens (tertiary/aromatic N) is 2. The van der Waals surface area contributed by atoms with Crippen molar-refractivity contribution < 1.29 is 23.8 Å². The average molecular weight is 523 g/mol. The van der Waals surface area contributed by atoms with Crippen LogP contribution in [0.1, 0.15) is 47.6 Å². The zero-order valence-corrected chi connectivity index (χ0v) is 22.8. The van der Waals surface area contributed by atoms with E-state index in [1.807, 2.05) is 49.9 Å². The number of hydrogen-bond acceptors (Lipinski definition) is 6. The van der Waals surface area contributed by atoms with Crippen molar-refractivity contribution in [2.75, 3.05) is 33.9 Å². The molecule has 0 fully saturated rings. The van der Waals surface area contributed by atoms with Gasteiger partial charge in [-0.25, -0.2) is 0 Å². The van der Waals surface area contributed by atoms with E-state index < -0.39 is 5.54 Å². The van der Waals surface area contributed by atoms with Crippen LogP contribution in [0.25, 0.3) is 0 Å². The van der Waals surface area contributed by atoms with Crippen LogP contribution in [0.4, 0.5) is 0 Å². The molecule has 1 aliphatic heterocycles. The number of thiophene rings is 1. The lowest BCUT2D eigenvalue weighted by atomic mass is 9.99. The highest BCUT2D eigenvalue weighted by atomic mass is 32.1. The monoisotopic (exact) mass is 522 g/mol. The van der Waals surface area contributed by atoms with E-state index in [1.54, 1.807) is 54.7 Å². The quantitative estimate of drug-likeness (QED) is 0.406. The molecule has 2 amide bonds. The number of rotatable bonds is 8. The third-order valence-electron chi connectivity index (χ3n) is 6.57. The molecule has 37 heavy (non-hydrogen) atoms. The highest BCUT2D eigenvalue weighted by Gasteiger charge is 2.36. The third kappa shape index (κ3) is 5.91. The fourth-order valence-electron chi connectivity index (χ4n) is 4.51. The summed E-state index contributed by atoms with van der Waals surface area (Å²) in [5.41, 5.74) is 1.06. The first-order valence-electron chi connectivity index (χ1n) is 12.3. The van der Waals surface area contributed by atoms with E-state index in [4.69, 9.17) is 14.2 Å². The Bertz CT molecular complexity index is 1230. The molecule has 0 saturated heterocycles. The summed E-state index contributed by atoms with van der Waals surface area (Å²) in [5, 5.41) is 2.06. The molecule has 196 valence electrons. The lowest BCUT2D eigenvalue weighted by Crippen LogP contribution is -2.53. The van der Waals surface area contributed by atoms with Crippen molar-refractivity contribution in [3.05, 3.63) is 76.0 Å². The number of carbonyl (C=O) groups is 2. The summed E-state index contributed by atoms with van der Waals surface area (Å²) in [6.07, 6.45) is 0.784. The van der Waals surface area contributed by atoms with Crippen LogP contribution in [0, 0.1) is 0 Å². The fraction of sp³-hybridized carbons (Fsp3) is 0.379. The minimum Gasteiger partial charge on any atom is -0.497 e. The Kier molecular flexibility index (Phi) is 8.07. The molecule has 1 atom stereocenters. The lowest BCUT2D eigenvalue weighted by Gasteiger charge is -2.40. The molecule has 0 radical (unpaired) electrons. The van der Waals surface area contributed by atoms with Crippen molar-refractivity contribution in [3.8, 4) is 17.2 Å². The van der Waals surface area contributed by atoms with Gasteiger partial charge in [-0.2, -0.15) is 0 Å². The van der Waals surface area contributed by atoms with Crippen molar-refractivity contribution in [1.82, 2.24) is 9.80 Å². The highest BCUT2D eigenvalue weighted by Crippen LogP contribution is 2.35. The number of methoxy groups -OCH3 is 2. The van der Waals surface area contributed by atoms with Gasteiger partial charge in [-0.1, -0.05) is 12.1 Å². The zero-order valence-electron chi connectivity index (χ0n) is 22.0. The fourth-order valence-corrected chi connectivity index (χ4v) is 5.44. The standard InChI is InChI=1S/C29H34N2O5S/c1-29(2,3)31(28(33)20-10-12-21(34-4)13-11-20)18-27(32)30-16-14-26-22(15-17-37-26)23(30)19-36-25-9-7-6-8-24(25)35-5/h6-13,15,17,23H,14,16,18-19H2,1-5H3/t23-/m1/s1. The maximum Gasteiger partial charge on any atom is 0.254 e. The number of ether oxygens (including phenoxy) is 3. The molecule has 0 aliphatic carbocycles. The second-order valence-electron chi connectivity index (χ2n) is 9.90. The van der Waals surface area contributed by atoms with Gasteiger partial charge in [0.05, 0.1) is 20.3 Å². The van der Waals surface area contributed by atoms with Crippen LogP contribution in [0.2, 0.25) is 0 Å². The summed E-state index contributed by atoms with van der Waals surface area (Å²) >= 11 is 1.70. The summed E-state index contributed by atoms with van der Waals surface area (Å²) < 4.78 is 16.8. The van der Waals surface area contributed by atoms with E-state index in [0.717, 1.165) is 12.0 Å². The molecule has 8 heteroatoms. The van der Waals surface area contributed by atoms with Crippen LogP contribution in [0.15, 0.2) is 60.0 Å². The van der Waals surface area contributed by atoms with Gasteiger partial charge in [0.25, 0.3) is 5.91 Å². The van der Waals surface area contributed by atoms with E-state index in [1.165, 1.54) is 4.88 Å². The number of amides is 2. The normalized spacial score (nSPS) is 15.1. The van der Waals surface area contributed by atoms with Crippen molar-refractivity contribution in [2.45, 2.75) is 38.8 Å².